The van der Waals surface area contributed by atoms with E-state index in [1.54, 1.807) is 0 Å². The minimum atomic E-state index is -0.954. The molecule has 0 aliphatic heterocycles. The monoisotopic (exact) mass is 452 g/mol. The lowest BCUT2D eigenvalue weighted by Crippen LogP contribution is -2.51. The molecule has 13 nitrogen and oxygen atoms in total. The summed E-state index contributed by atoms with van der Waals surface area (Å²) in [7, 11) is 0. The van der Waals surface area contributed by atoms with Crippen molar-refractivity contribution in [3.63, 3.8) is 0 Å². The quantitative estimate of drug-likeness (QED) is 0.275. The molecule has 1 aromatic carbocycles. The summed E-state index contributed by atoms with van der Waals surface area (Å²) in [4.78, 5) is 56.1. The number of rotatable bonds is 6. The summed E-state index contributed by atoms with van der Waals surface area (Å²) in [6, 6.07) is 2.42. The molecule has 2 rings (SSSR count). The van der Waals surface area contributed by atoms with Crippen molar-refractivity contribution in [3.8, 4) is 0 Å². The predicted molar refractivity (Wildman–Crippen MR) is 111 cm³/mol. The topological polar surface area (TPSA) is 186 Å². The number of hydrogen-bond donors (Lipinski definition) is 4. The van der Waals surface area contributed by atoms with Gasteiger partial charge in [-0.2, -0.15) is 0 Å². The maximum Gasteiger partial charge on any atom is 0.277 e. The molecule has 31 heavy (non-hydrogen) atoms. The van der Waals surface area contributed by atoms with Crippen molar-refractivity contribution in [2.24, 2.45) is 5.92 Å². The molecule has 0 saturated heterocycles. The zero-order chi connectivity index (χ0) is 23.0. The molecule has 0 radical (unpaired) electrons. The number of carbonyl (C=O) groups excluding carboxylic acids is 3. The van der Waals surface area contributed by atoms with E-state index >= 15 is 0 Å². The van der Waals surface area contributed by atoms with Crippen LogP contribution in [0, 0.1) is 26.1 Å². The molecule has 0 heterocycles. The summed E-state index contributed by atoms with van der Waals surface area (Å²) >= 11 is 4.84. The van der Waals surface area contributed by atoms with Gasteiger partial charge in [0.05, 0.1) is 28.0 Å². The van der Waals surface area contributed by atoms with Gasteiger partial charge >= 0.3 is 0 Å². The maximum absolute atomic E-state index is 12.2. The molecule has 1 aliphatic carbocycles. The second-order valence-electron chi connectivity index (χ2n) is 6.76. The van der Waals surface area contributed by atoms with E-state index < -0.39 is 33.0 Å². The standard InChI is InChI=1S/C17H20N6O7S/c24-14(9-18-15(25)10-4-2-1-3-5-10)20-21-17(31)19-16(26)11-6-12(22(27)28)8-13(7-11)23(29)30/h6-8,10H,1-5,9H2,(H,18,25)(H,20,24)(H2,19,21,26,31). The van der Waals surface area contributed by atoms with E-state index in [9.17, 15) is 34.6 Å². The SMILES string of the molecule is O=C(CNC(=O)C1CCCCC1)NNC(=S)NC(=O)c1cc([N+](=O)[O-])cc([N+](=O)[O-])c1. The number of thiocarbonyl (C=S) groups is 1. The van der Waals surface area contributed by atoms with Gasteiger partial charge in [-0.1, -0.05) is 19.3 Å². The average Bonchev–Trinajstić information content (AvgIpc) is 2.76. The highest BCUT2D eigenvalue weighted by Gasteiger charge is 2.22. The minimum Gasteiger partial charge on any atom is -0.347 e. The van der Waals surface area contributed by atoms with Gasteiger partial charge in [-0.05, 0) is 25.1 Å². The van der Waals surface area contributed by atoms with Crippen LogP contribution in [0.5, 0.6) is 0 Å². The van der Waals surface area contributed by atoms with Gasteiger partial charge in [0.2, 0.25) is 5.91 Å². The zero-order valence-corrected chi connectivity index (χ0v) is 17.0. The Morgan fingerprint density at radius 1 is 0.968 bits per heavy atom. The van der Waals surface area contributed by atoms with Gasteiger partial charge in [0.15, 0.2) is 5.11 Å². The lowest BCUT2D eigenvalue weighted by atomic mass is 9.89. The lowest BCUT2D eigenvalue weighted by molar-refractivity contribution is -0.394. The zero-order valence-electron chi connectivity index (χ0n) is 16.2. The smallest absolute Gasteiger partial charge is 0.277 e. The Bertz CT molecular complexity index is 884. The largest absolute Gasteiger partial charge is 0.347 e. The first-order valence-corrected chi connectivity index (χ1v) is 9.70. The van der Waals surface area contributed by atoms with Crippen LogP contribution in [-0.4, -0.2) is 39.2 Å². The van der Waals surface area contributed by atoms with E-state index in [1.165, 1.54) is 0 Å². The highest BCUT2D eigenvalue weighted by Crippen LogP contribution is 2.24. The fourth-order valence-electron chi connectivity index (χ4n) is 2.99. The predicted octanol–water partition coefficient (Wildman–Crippen LogP) is 0.835. The van der Waals surface area contributed by atoms with E-state index in [1.807, 2.05) is 0 Å². The van der Waals surface area contributed by atoms with Crippen LogP contribution >= 0.6 is 12.2 Å². The highest BCUT2D eigenvalue weighted by molar-refractivity contribution is 7.80. The van der Waals surface area contributed by atoms with E-state index in [-0.39, 0.29) is 29.0 Å². The molecule has 4 N–H and O–H groups in total. The molecule has 1 aliphatic rings. The molecule has 0 aromatic heterocycles. The molecule has 1 fully saturated rings. The summed E-state index contributed by atoms with van der Waals surface area (Å²) in [6.07, 6.45) is 4.64. The normalized spacial score (nSPS) is 13.5. The number of non-ortho nitro benzene ring substituents is 2. The third-order valence-electron chi connectivity index (χ3n) is 4.53. The number of benzene rings is 1. The second kappa shape index (κ2) is 10.9. The summed E-state index contributed by atoms with van der Waals surface area (Å²) in [5.74, 6) is -1.87. The Hall–Kier alpha value is -3.68. The minimum absolute atomic E-state index is 0.103. The fourth-order valence-corrected chi connectivity index (χ4v) is 3.13. The Balaban J connectivity index is 1.83. The van der Waals surface area contributed by atoms with Crippen LogP contribution in [-0.2, 0) is 9.59 Å². The Morgan fingerprint density at radius 2 is 1.55 bits per heavy atom. The molecular formula is C17H20N6O7S. The second-order valence-corrected chi connectivity index (χ2v) is 7.17. The van der Waals surface area contributed by atoms with Gasteiger partial charge in [-0.3, -0.25) is 50.8 Å². The third-order valence-corrected chi connectivity index (χ3v) is 4.73. The van der Waals surface area contributed by atoms with Crippen molar-refractivity contribution in [2.45, 2.75) is 32.1 Å². The summed E-state index contributed by atoms with van der Waals surface area (Å²) in [5.41, 5.74) is 2.78. The first-order valence-electron chi connectivity index (χ1n) is 9.29. The molecule has 0 spiro atoms. The molecule has 3 amide bonds. The fraction of sp³-hybridized carbons (Fsp3) is 0.412. The van der Waals surface area contributed by atoms with Crippen LogP contribution in [0.2, 0.25) is 0 Å². The molecular weight excluding hydrogens is 432 g/mol. The Kier molecular flexibility index (Phi) is 8.31. The number of nitro benzene ring substituents is 2. The van der Waals surface area contributed by atoms with Crippen LogP contribution in [0.3, 0.4) is 0 Å². The molecule has 0 bridgehead atoms. The first kappa shape index (κ1) is 23.6. The number of nitrogens with one attached hydrogen (secondary N) is 4. The van der Waals surface area contributed by atoms with Crippen molar-refractivity contribution >= 4 is 46.4 Å². The van der Waals surface area contributed by atoms with Gasteiger partial charge in [-0.25, -0.2) is 0 Å². The number of amides is 3. The van der Waals surface area contributed by atoms with Crippen molar-refractivity contribution in [1.29, 1.82) is 0 Å². The van der Waals surface area contributed by atoms with Crippen LogP contribution in [0.4, 0.5) is 11.4 Å². The number of hydrogen-bond acceptors (Lipinski definition) is 8. The van der Waals surface area contributed by atoms with E-state index in [0.717, 1.165) is 50.3 Å². The summed E-state index contributed by atoms with van der Waals surface area (Å²) < 4.78 is 0. The molecule has 0 unspecified atom stereocenters. The van der Waals surface area contributed by atoms with Gasteiger partial charge in [0, 0.05) is 18.1 Å². The van der Waals surface area contributed by atoms with Gasteiger partial charge in [0.25, 0.3) is 23.2 Å². The maximum atomic E-state index is 12.2. The van der Waals surface area contributed by atoms with Crippen molar-refractivity contribution in [2.75, 3.05) is 6.54 Å². The van der Waals surface area contributed by atoms with Crippen LogP contribution in [0.1, 0.15) is 42.5 Å². The van der Waals surface area contributed by atoms with Crippen molar-refractivity contribution < 1.29 is 24.2 Å². The Morgan fingerprint density at radius 3 is 2.10 bits per heavy atom. The van der Waals surface area contributed by atoms with E-state index in [4.69, 9.17) is 12.2 Å². The number of nitrogens with zero attached hydrogens (tertiary/aromatic N) is 2. The molecule has 1 aromatic rings. The lowest BCUT2D eigenvalue weighted by Gasteiger charge is -2.20. The number of hydrazine groups is 1. The molecule has 14 heteroatoms. The highest BCUT2D eigenvalue weighted by atomic mass is 32.1. The van der Waals surface area contributed by atoms with Crippen molar-refractivity contribution in [1.82, 2.24) is 21.5 Å². The molecule has 1 saturated carbocycles. The third kappa shape index (κ3) is 7.26. The van der Waals surface area contributed by atoms with Gasteiger partial charge < -0.3 is 5.32 Å². The number of nitro groups is 2. The van der Waals surface area contributed by atoms with Crippen LogP contribution < -0.4 is 21.5 Å². The van der Waals surface area contributed by atoms with Gasteiger partial charge in [-0.15, -0.1) is 0 Å². The van der Waals surface area contributed by atoms with Gasteiger partial charge in [0.1, 0.15) is 0 Å². The van der Waals surface area contributed by atoms with Crippen LogP contribution in [0.25, 0.3) is 0 Å². The van der Waals surface area contributed by atoms with E-state index in [0.29, 0.717) is 0 Å². The first-order chi connectivity index (χ1) is 14.7. The number of carbonyl (C=O) groups is 3. The van der Waals surface area contributed by atoms with Crippen LogP contribution in [0.15, 0.2) is 18.2 Å². The summed E-state index contributed by atoms with van der Waals surface area (Å²) in [6.45, 7) is -0.296. The summed E-state index contributed by atoms with van der Waals surface area (Å²) in [5, 5.41) is 26.1. The van der Waals surface area contributed by atoms with E-state index in [2.05, 4.69) is 21.5 Å². The molecule has 0 atom stereocenters. The average molecular weight is 452 g/mol. The molecule has 166 valence electrons. The van der Waals surface area contributed by atoms with Crippen molar-refractivity contribution in [3.05, 3.63) is 44.0 Å². The Labute approximate surface area is 181 Å².